The highest BCUT2D eigenvalue weighted by molar-refractivity contribution is 5.91. The van der Waals surface area contributed by atoms with E-state index >= 15 is 0 Å². The summed E-state index contributed by atoms with van der Waals surface area (Å²) in [5, 5.41) is 12.9. The van der Waals surface area contributed by atoms with Gasteiger partial charge in [0.2, 0.25) is 0 Å². The van der Waals surface area contributed by atoms with Crippen molar-refractivity contribution in [2.75, 3.05) is 7.11 Å². The number of hydrogen-bond donors (Lipinski definition) is 1. The van der Waals surface area contributed by atoms with Gasteiger partial charge >= 0.3 is 0 Å². The molecular formula is C19H21NO2. The Morgan fingerprint density at radius 1 is 1.05 bits per heavy atom. The van der Waals surface area contributed by atoms with E-state index in [1.807, 2.05) is 30.3 Å². The molecule has 114 valence electrons. The molecule has 0 amide bonds. The molecule has 3 nitrogen and oxygen atoms in total. The van der Waals surface area contributed by atoms with Crippen LogP contribution in [0, 0.1) is 0 Å². The van der Waals surface area contributed by atoms with Gasteiger partial charge in [0.25, 0.3) is 0 Å². The van der Waals surface area contributed by atoms with Gasteiger partial charge in [0.15, 0.2) is 0 Å². The average Bonchev–Trinajstić information content (AvgIpc) is 2.62. The van der Waals surface area contributed by atoms with Gasteiger partial charge in [-0.3, -0.25) is 0 Å². The van der Waals surface area contributed by atoms with E-state index in [0.29, 0.717) is 5.92 Å². The van der Waals surface area contributed by atoms with Crippen molar-refractivity contribution in [3.05, 3.63) is 65.7 Å². The molecule has 1 saturated carbocycles. The van der Waals surface area contributed by atoms with Crippen LogP contribution in [0.15, 0.2) is 59.8 Å². The molecule has 1 N–H and O–H groups in total. The normalized spacial score (nSPS) is 23.4. The Kier molecular flexibility index (Phi) is 4.42. The third-order valence-corrected chi connectivity index (χ3v) is 4.58. The summed E-state index contributed by atoms with van der Waals surface area (Å²) in [6.07, 6.45) is 2.76. The number of methoxy groups -OCH3 is 1. The van der Waals surface area contributed by atoms with Crippen LogP contribution in [0.3, 0.4) is 0 Å². The highest BCUT2D eigenvalue weighted by Crippen LogP contribution is 2.42. The predicted octanol–water partition coefficient (Wildman–Crippen LogP) is 4.58. The fourth-order valence-corrected chi connectivity index (χ4v) is 3.45. The van der Waals surface area contributed by atoms with Crippen molar-refractivity contribution in [1.82, 2.24) is 0 Å². The van der Waals surface area contributed by atoms with Gasteiger partial charge in [-0.2, -0.15) is 0 Å². The first-order valence-corrected chi connectivity index (χ1v) is 7.72. The zero-order chi connectivity index (χ0) is 15.4. The summed E-state index contributed by atoms with van der Waals surface area (Å²) in [7, 11) is 1.72. The third-order valence-electron chi connectivity index (χ3n) is 4.58. The summed E-state index contributed by atoms with van der Waals surface area (Å²) < 4.78 is 5.51. The van der Waals surface area contributed by atoms with Gasteiger partial charge < -0.3 is 9.94 Å². The third kappa shape index (κ3) is 2.84. The number of benzene rings is 2. The minimum Gasteiger partial charge on any atom is -0.496 e. The van der Waals surface area contributed by atoms with Crippen LogP contribution in [0.4, 0.5) is 0 Å². The molecule has 0 aliphatic heterocycles. The van der Waals surface area contributed by atoms with E-state index < -0.39 is 0 Å². The molecule has 0 bridgehead atoms. The van der Waals surface area contributed by atoms with Crippen LogP contribution in [-0.2, 0) is 0 Å². The molecule has 2 aromatic rings. The van der Waals surface area contributed by atoms with E-state index in [-0.39, 0.29) is 5.92 Å². The van der Waals surface area contributed by atoms with E-state index in [1.165, 1.54) is 11.1 Å². The second-order valence-corrected chi connectivity index (χ2v) is 5.77. The first kappa shape index (κ1) is 14.6. The van der Waals surface area contributed by atoms with Crippen molar-refractivity contribution in [1.29, 1.82) is 0 Å². The van der Waals surface area contributed by atoms with Gasteiger partial charge in [-0.05, 0) is 42.4 Å². The molecule has 22 heavy (non-hydrogen) atoms. The second kappa shape index (κ2) is 6.65. The molecule has 3 rings (SSSR count). The van der Waals surface area contributed by atoms with Crippen molar-refractivity contribution in [2.24, 2.45) is 5.16 Å². The summed E-state index contributed by atoms with van der Waals surface area (Å²) in [5.41, 5.74) is 3.36. The molecule has 0 spiro atoms. The van der Waals surface area contributed by atoms with Crippen LogP contribution in [0.25, 0.3) is 0 Å². The largest absolute Gasteiger partial charge is 0.496 e. The zero-order valence-corrected chi connectivity index (χ0v) is 12.8. The Hall–Kier alpha value is -2.29. The monoisotopic (exact) mass is 295 g/mol. The molecule has 1 aliphatic carbocycles. The average molecular weight is 295 g/mol. The Bertz CT molecular complexity index is 651. The van der Waals surface area contributed by atoms with Crippen molar-refractivity contribution < 1.29 is 9.94 Å². The molecule has 2 unspecified atom stereocenters. The second-order valence-electron chi connectivity index (χ2n) is 5.77. The van der Waals surface area contributed by atoms with Crippen LogP contribution >= 0.6 is 0 Å². The lowest BCUT2D eigenvalue weighted by atomic mass is 9.74. The molecule has 2 aromatic carbocycles. The molecule has 3 heteroatoms. The van der Waals surface area contributed by atoms with Crippen molar-refractivity contribution >= 4 is 5.71 Å². The summed E-state index contributed by atoms with van der Waals surface area (Å²) >= 11 is 0. The first-order chi connectivity index (χ1) is 10.8. The topological polar surface area (TPSA) is 41.8 Å². The maximum Gasteiger partial charge on any atom is 0.122 e. The molecule has 0 radical (unpaired) electrons. The number of nitrogens with zero attached hydrogens (tertiary/aromatic N) is 1. The Balaban J connectivity index is 1.91. The lowest BCUT2D eigenvalue weighted by Crippen LogP contribution is -2.23. The molecule has 0 aromatic heterocycles. The minimum absolute atomic E-state index is 0.176. The Morgan fingerprint density at radius 2 is 1.77 bits per heavy atom. The molecular weight excluding hydrogens is 274 g/mol. The zero-order valence-electron chi connectivity index (χ0n) is 12.8. The summed E-state index contributed by atoms with van der Waals surface area (Å²) in [6, 6.07) is 18.5. The first-order valence-electron chi connectivity index (χ1n) is 7.72. The van der Waals surface area contributed by atoms with Gasteiger partial charge in [-0.15, -0.1) is 0 Å². The van der Waals surface area contributed by atoms with Crippen LogP contribution in [0.5, 0.6) is 5.75 Å². The summed E-state index contributed by atoms with van der Waals surface area (Å²) in [4.78, 5) is 0. The van der Waals surface area contributed by atoms with Crippen molar-refractivity contribution in [3.8, 4) is 5.75 Å². The van der Waals surface area contributed by atoms with Gasteiger partial charge in [-0.1, -0.05) is 53.7 Å². The maximum absolute atomic E-state index is 9.34. The van der Waals surface area contributed by atoms with Crippen LogP contribution in [-0.4, -0.2) is 18.0 Å². The highest BCUT2D eigenvalue weighted by atomic mass is 16.5. The van der Waals surface area contributed by atoms with E-state index in [1.54, 1.807) is 7.11 Å². The number of ether oxygens (including phenoxy) is 1. The fourth-order valence-electron chi connectivity index (χ4n) is 3.45. The smallest absolute Gasteiger partial charge is 0.122 e. The van der Waals surface area contributed by atoms with Gasteiger partial charge in [0.1, 0.15) is 5.75 Å². The van der Waals surface area contributed by atoms with Crippen LogP contribution in [0.1, 0.15) is 42.2 Å². The number of rotatable bonds is 3. The molecule has 0 heterocycles. The van der Waals surface area contributed by atoms with Crippen LogP contribution in [0.2, 0.25) is 0 Å². The summed E-state index contributed by atoms with van der Waals surface area (Å²) in [6.45, 7) is 0. The van der Waals surface area contributed by atoms with Crippen LogP contribution < -0.4 is 4.74 Å². The standard InChI is InChI=1S/C19H21NO2/c1-22-19-10-6-5-9-16(19)15-11-12-18(20-21)17(13-15)14-7-3-2-4-8-14/h2-10,15,17,21H,11-13H2,1H3. The van der Waals surface area contributed by atoms with Gasteiger partial charge in [0, 0.05) is 5.92 Å². The maximum atomic E-state index is 9.34. The lowest BCUT2D eigenvalue weighted by Gasteiger charge is -2.31. The van der Waals surface area contributed by atoms with E-state index in [2.05, 4.69) is 29.4 Å². The van der Waals surface area contributed by atoms with Gasteiger partial charge in [-0.25, -0.2) is 0 Å². The molecule has 2 atom stereocenters. The SMILES string of the molecule is COc1ccccc1C1CCC(=NO)C(c2ccccc2)C1. The molecule has 0 saturated heterocycles. The Morgan fingerprint density at radius 3 is 2.50 bits per heavy atom. The van der Waals surface area contributed by atoms with Crippen molar-refractivity contribution in [3.63, 3.8) is 0 Å². The Labute approximate surface area is 131 Å². The van der Waals surface area contributed by atoms with Gasteiger partial charge in [0.05, 0.1) is 12.8 Å². The highest BCUT2D eigenvalue weighted by Gasteiger charge is 2.30. The summed E-state index contributed by atoms with van der Waals surface area (Å²) in [5.74, 6) is 1.55. The quantitative estimate of drug-likeness (QED) is 0.665. The van der Waals surface area contributed by atoms with E-state index in [4.69, 9.17) is 4.74 Å². The fraction of sp³-hybridized carbons (Fsp3) is 0.316. The predicted molar refractivity (Wildman–Crippen MR) is 88.0 cm³/mol. The lowest BCUT2D eigenvalue weighted by molar-refractivity contribution is 0.311. The minimum atomic E-state index is 0.176. The molecule has 1 aliphatic rings. The number of oxime groups is 1. The van der Waals surface area contributed by atoms with E-state index in [9.17, 15) is 5.21 Å². The van der Waals surface area contributed by atoms with Crippen molar-refractivity contribution in [2.45, 2.75) is 31.1 Å². The van der Waals surface area contributed by atoms with E-state index in [0.717, 1.165) is 30.7 Å². The number of para-hydroxylation sites is 1. The molecule has 1 fully saturated rings. The number of hydrogen-bond acceptors (Lipinski definition) is 3.